The average Bonchev–Trinajstić information content (AvgIpc) is 2.70. The van der Waals surface area contributed by atoms with Gasteiger partial charge in [0, 0.05) is 37.6 Å². The Kier molecular flexibility index (Phi) is 6.36. The summed E-state index contributed by atoms with van der Waals surface area (Å²) in [5.41, 5.74) is 2.90. The lowest BCUT2D eigenvalue weighted by atomic mass is 10.2. The Hall–Kier alpha value is -1.97. The molecule has 1 amide bonds. The third kappa shape index (κ3) is 4.53. The van der Waals surface area contributed by atoms with Crippen LogP contribution in [0.4, 0.5) is 0 Å². The van der Waals surface area contributed by atoms with Crippen molar-refractivity contribution in [2.45, 2.75) is 30.8 Å². The normalized spacial score (nSPS) is 15.6. The van der Waals surface area contributed by atoms with Crippen LogP contribution in [0.2, 0.25) is 0 Å². The fraction of sp³-hybridized carbons (Fsp3) is 0.421. The predicted octanol–water partition coefficient (Wildman–Crippen LogP) is 2.03. The van der Waals surface area contributed by atoms with Crippen molar-refractivity contribution >= 4 is 27.7 Å². The van der Waals surface area contributed by atoms with Gasteiger partial charge in [-0.3, -0.25) is 4.79 Å². The van der Waals surface area contributed by atoms with Gasteiger partial charge < -0.3 is 4.90 Å². The first-order valence-electron chi connectivity index (χ1n) is 9.06. The molecule has 1 saturated heterocycles. The van der Waals surface area contributed by atoms with Crippen LogP contribution in [0, 0.1) is 20.8 Å². The zero-order valence-electron chi connectivity index (χ0n) is 16.3. The van der Waals surface area contributed by atoms with Crippen molar-refractivity contribution in [2.75, 3.05) is 31.9 Å². The first-order valence-corrected chi connectivity index (χ1v) is 11.5. The van der Waals surface area contributed by atoms with Crippen molar-refractivity contribution in [2.24, 2.45) is 0 Å². The number of sulfonamides is 1. The summed E-state index contributed by atoms with van der Waals surface area (Å²) in [6.07, 6.45) is 0. The number of hydrogen-bond acceptors (Lipinski definition) is 6. The number of thioether (sulfide) groups is 1. The van der Waals surface area contributed by atoms with Gasteiger partial charge in [-0.05, 0) is 38.5 Å². The maximum absolute atomic E-state index is 12.7. The Balaban J connectivity index is 1.55. The zero-order valence-corrected chi connectivity index (χ0v) is 17.9. The van der Waals surface area contributed by atoms with E-state index in [4.69, 9.17) is 0 Å². The lowest BCUT2D eigenvalue weighted by Crippen LogP contribution is -2.50. The molecule has 7 nitrogen and oxygen atoms in total. The lowest BCUT2D eigenvalue weighted by molar-refractivity contribution is -0.129. The number of rotatable bonds is 5. The number of aromatic nitrogens is 2. The van der Waals surface area contributed by atoms with E-state index in [0.717, 1.165) is 17.0 Å². The summed E-state index contributed by atoms with van der Waals surface area (Å²) in [4.78, 5) is 23.4. The Morgan fingerprint density at radius 3 is 2.14 bits per heavy atom. The predicted molar refractivity (Wildman–Crippen MR) is 109 cm³/mol. The third-order valence-corrected chi connectivity index (χ3v) is 7.65. The van der Waals surface area contributed by atoms with Crippen LogP contribution in [0.3, 0.4) is 0 Å². The van der Waals surface area contributed by atoms with Gasteiger partial charge in [-0.1, -0.05) is 30.0 Å². The Morgan fingerprint density at radius 1 is 1.00 bits per heavy atom. The summed E-state index contributed by atoms with van der Waals surface area (Å²) < 4.78 is 26.8. The van der Waals surface area contributed by atoms with Gasteiger partial charge in [0.05, 0.1) is 10.6 Å². The molecule has 1 aliphatic rings. The zero-order chi connectivity index (χ0) is 20.3. The molecule has 1 aromatic heterocycles. The van der Waals surface area contributed by atoms with E-state index in [1.807, 2.05) is 20.8 Å². The van der Waals surface area contributed by atoms with Crippen molar-refractivity contribution in [1.29, 1.82) is 0 Å². The summed E-state index contributed by atoms with van der Waals surface area (Å²) in [6, 6.07) is 8.39. The van der Waals surface area contributed by atoms with E-state index in [-0.39, 0.29) is 16.6 Å². The molecule has 28 heavy (non-hydrogen) atoms. The first-order chi connectivity index (χ1) is 13.3. The summed E-state index contributed by atoms with van der Waals surface area (Å²) in [6.45, 7) is 7.22. The highest BCUT2D eigenvalue weighted by Crippen LogP contribution is 2.20. The fourth-order valence-electron chi connectivity index (χ4n) is 2.94. The molecule has 0 unspecified atom stereocenters. The van der Waals surface area contributed by atoms with Crippen molar-refractivity contribution < 1.29 is 13.2 Å². The number of carbonyl (C=O) groups excluding carboxylic acids is 1. The minimum atomic E-state index is -3.51. The van der Waals surface area contributed by atoms with Gasteiger partial charge in [-0.25, -0.2) is 18.4 Å². The van der Waals surface area contributed by atoms with Gasteiger partial charge in [0.1, 0.15) is 0 Å². The van der Waals surface area contributed by atoms with E-state index in [1.165, 1.54) is 16.1 Å². The molecule has 3 rings (SSSR count). The first kappa shape index (κ1) is 20.8. The molecule has 0 atom stereocenters. The second-order valence-electron chi connectivity index (χ2n) is 6.69. The van der Waals surface area contributed by atoms with Gasteiger partial charge in [0.2, 0.25) is 15.9 Å². The molecule has 1 fully saturated rings. The van der Waals surface area contributed by atoms with Crippen LogP contribution >= 0.6 is 11.8 Å². The van der Waals surface area contributed by atoms with Gasteiger partial charge in [-0.2, -0.15) is 4.31 Å². The Bertz CT molecular complexity index is 933. The van der Waals surface area contributed by atoms with E-state index in [9.17, 15) is 13.2 Å². The van der Waals surface area contributed by atoms with E-state index in [1.54, 1.807) is 35.2 Å². The quantitative estimate of drug-likeness (QED) is 0.544. The summed E-state index contributed by atoms with van der Waals surface area (Å²) in [5, 5.41) is 0.597. The highest BCUT2D eigenvalue weighted by Gasteiger charge is 2.30. The number of piperazine rings is 1. The number of nitrogens with zero attached hydrogens (tertiary/aromatic N) is 4. The maximum atomic E-state index is 12.7. The van der Waals surface area contributed by atoms with Crippen LogP contribution in [0.25, 0.3) is 0 Å². The maximum Gasteiger partial charge on any atom is 0.243 e. The molecular formula is C19H24N4O3S2. The highest BCUT2D eigenvalue weighted by atomic mass is 32.2. The number of aryl methyl sites for hydroxylation is 2. The van der Waals surface area contributed by atoms with Crippen molar-refractivity contribution in [3.63, 3.8) is 0 Å². The van der Waals surface area contributed by atoms with Crippen molar-refractivity contribution in [1.82, 2.24) is 19.2 Å². The molecular weight excluding hydrogens is 396 g/mol. The van der Waals surface area contributed by atoms with E-state index < -0.39 is 10.0 Å². The summed E-state index contributed by atoms with van der Waals surface area (Å²) in [7, 11) is -3.51. The minimum absolute atomic E-state index is 0.0266. The summed E-state index contributed by atoms with van der Waals surface area (Å²) >= 11 is 1.32. The topological polar surface area (TPSA) is 83.5 Å². The molecule has 150 valence electrons. The van der Waals surface area contributed by atoms with Crippen LogP contribution in [0.5, 0.6) is 0 Å². The second kappa shape index (κ2) is 8.59. The van der Waals surface area contributed by atoms with Crippen LogP contribution in [0.15, 0.2) is 40.4 Å². The van der Waals surface area contributed by atoms with Crippen LogP contribution in [-0.2, 0) is 14.8 Å². The van der Waals surface area contributed by atoms with Crippen molar-refractivity contribution in [3.8, 4) is 0 Å². The molecule has 1 aliphatic heterocycles. The second-order valence-corrected chi connectivity index (χ2v) is 9.57. The number of hydrogen-bond donors (Lipinski definition) is 0. The van der Waals surface area contributed by atoms with E-state index >= 15 is 0 Å². The number of amides is 1. The Morgan fingerprint density at radius 2 is 1.57 bits per heavy atom. The highest BCUT2D eigenvalue weighted by molar-refractivity contribution is 7.99. The standard InChI is InChI=1S/C19H24N4O3S2/c1-14-15(2)20-19(21-16(14)3)27-13-18(24)22-9-11-23(12-10-22)28(25,26)17-7-5-4-6-8-17/h4-8H,9-13H2,1-3H3. The molecule has 9 heteroatoms. The molecule has 0 radical (unpaired) electrons. The molecule has 0 saturated carbocycles. The summed E-state index contributed by atoms with van der Waals surface area (Å²) in [5.74, 6) is 0.217. The van der Waals surface area contributed by atoms with Gasteiger partial charge in [0.15, 0.2) is 5.16 Å². The molecule has 0 aliphatic carbocycles. The molecule has 2 aromatic rings. The largest absolute Gasteiger partial charge is 0.339 e. The molecule has 2 heterocycles. The van der Waals surface area contributed by atoms with E-state index in [2.05, 4.69) is 9.97 Å². The fourth-order valence-corrected chi connectivity index (χ4v) is 5.22. The molecule has 0 bridgehead atoms. The van der Waals surface area contributed by atoms with Gasteiger partial charge in [-0.15, -0.1) is 0 Å². The van der Waals surface area contributed by atoms with Crippen LogP contribution in [-0.4, -0.2) is 65.4 Å². The van der Waals surface area contributed by atoms with Crippen LogP contribution < -0.4 is 0 Å². The number of benzene rings is 1. The smallest absolute Gasteiger partial charge is 0.243 e. The third-order valence-electron chi connectivity index (χ3n) is 4.91. The lowest BCUT2D eigenvalue weighted by Gasteiger charge is -2.34. The molecule has 0 spiro atoms. The van der Waals surface area contributed by atoms with Crippen LogP contribution in [0.1, 0.15) is 17.0 Å². The molecule has 0 N–H and O–H groups in total. The minimum Gasteiger partial charge on any atom is -0.339 e. The molecule has 1 aromatic carbocycles. The SMILES string of the molecule is Cc1nc(SCC(=O)N2CCN(S(=O)(=O)c3ccccc3)CC2)nc(C)c1C. The average molecular weight is 421 g/mol. The van der Waals surface area contributed by atoms with Gasteiger partial charge >= 0.3 is 0 Å². The Labute approximate surface area is 170 Å². The van der Waals surface area contributed by atoms with Crippen molar-refractivity contribution in [3.05, 3.63) is 47.3 Å². The van der Waals surface area contributed by atoms with Gasteiger partial charge in [0.25, 0.3) is 0 Å². The van der Waals surface area contributed by atoms with E-state index in [0.29, 0.717) is 31.3 Å². The number of carbonyl (C=O) groups is 1. The monoisotopic (exact) mass is 420 g/mol.